The number of fused-ring (bicyclic) bond motifs is 1. The minimum Gasteiger partial charge on any atom is -0.385 e. The van der Waals surface area contributed by atoms with Gasteiger partial charge in [0.15, 0.2) is 0 Å². The molecule has 2 aliphatic rings. The van der Waals surface area contributed by atoms with Gasteiger partial charge in [0.1, 0.15) is 18.2 Å². The summed E-state index contributed by atoms with van der Waals surface area (Å²) in [5.41, 5.74) is -0.369. The predicted octanol–water partition coefficient (Wildman–Crippen LogP) is 4.58. The number of nitrogens with one attached hydrogen (secondary N) is 1. The second-order valence-electron chi connectivity index (χ2n) is 10.3. The van der Waals surface area contributed by atoms with Crippen LogP contribution >= 0.6 is 0 Å². The number of rotatable bonds is 8. The number of nitrogens with zero attached hydrogens (tertiary/aromatic N) is 4. The molecule has 2 heterocycles. The minimum atomic E-state index is -4.47. The molecule has 2 fully saturated rings. The van der Waals surface area contributed by atoms with E-state index < -0.39 is 17.8 Å². The van der Waals surface area contributed by atoms with Gasteiger partial charge in [-0.25, -0.2) is 9.97 Å². The fourth-order valence-corrected chi connectivity index (χ4v) is 5.68. The molecule has 1 unspecified atom stereocenters. The molecule has 0 bridgehead atoms. The number of amides is 1. The molecule has 1 amide bonds. The van der Waals surface area contributed by atoms with Gasteiger partial charge in [0.2, 0.25) is 5.91 Å². The highest BCUT2D eigenvalue weighted by Gasteiger charge is 2.42. The highest BCUT2D eigenvalue weighted by molar-refractivity contribution is 5.93. The zero-order valence-electron chi connectivity index (χ0n) is 21.4. The van der Waals surface area contributed by atoms with Gasteiger partial charge >= 0.3 is 6.18 Å². The van der Waals surface area contributed by atoms with Gasteiger partial charge in [0.25, 0.3) is 0 Å². The molecule has 198 valence electrons. The number of anilines is 1. The highest BCUT2D eigenvalue weighted by Crippen LogP contribution is 2.37. The molecule has 2 aromatic rings. The number of halogens is 3. The summed E-state index contributed by atoms with van der Waals surface area (Å²) in [6, 6.07) is 3.92. The zero-order valence-corrected chi connectivity index (χ0v) is 21.4. The van der Waals surface area contributed by atoms with Crippen LogP contribution in [0.5, 0.6) is 0 Å². The van der Waals surface area contributed by atoms with Gasteiger partial charge in [-0.15, -0.1) is 0 Å². The van der Waals surface area contributed by atoms with E-state index in [2.05, 4.69) is 41.1 Å². The first-order valence-corrected chi connectivity index (χ1v) is 12.7. The molecule has 7 nitrogen and oxygen atoms in total. The molecule has 4 rings (SSSR count). The molecular formula is C26H36F3N5O2. The van der Waals surface area contributed by atoms with Crippen LogP contribution in [0.25, 0.3) is 10.9 Å². The lowest BCUT2D eigenvalue weighted by Gasteiger charge is -2.44. The van der Waals surface area contributed by atoms with E-state index in [-0.39, 0.29) is 23.2 Å². The Bertz CT molecular complexity index is 1060. The summed E-state index contributed by atoms with van der Waals surface area (Å²) in [7, 11) is 3.87. The second kappa shape index (κ2) is 10.9. The molecule has 1 aromatic carbocycles. The summed E-state index contributed by atoms with van der Waals surface area (Å²) < 4.78 is 45.2. The number of hydrogen-bond acceptors (Lipinski definition) is 6. The first kappa shape index (κ1) is 26.6. The summed E-state index contributed by atoms with van der Waals surface area (Å²) in [5, 5.41) is 3.40. The van der Waals surface area contributed by atoms with Crippen molar-refractivity contribution in [1.82, 2.24) is 19.8 Å². The van der Waals surface area contributed by atoms with E-state index in [4.69, 9.17) is 4.74 Å². The normalized spacial score (nSPS) is 25.4. The third kappa shape index (κ3) is 5.59. The van der Waals surface area contributed by atoms with Crippen LogP contribution in [0.15, 0.2) is 24.5 Å². The van der Waals surface area contributed by atoms with Crippen molar-refractivity contribution in [3.63, 3.8) is 0 Å². The van der Waals surface area contributed by atoms with Gasteiger partial charge in [-0.2, -0.15) is 13.2 Å². The maximum absolute atomic E-state index is 13.5. The first-order valence-electron chi connectivity index (χ1n) is 12.7. The molecule has 10 heteroatoms. The van der Waals surface area contributed by atoms with Crippen LogP contribution in [0, 0.1) is 5.92 Å². The third-order valence-corrected chi connectivity index (χ3v) is 7.91. The van der Waals surface area contributed by atoms with Crippen molar-refractivity contribution in [3.05, 3.63) is 30.1 Å². The molecule has 0 radical (unpaired) electrons. The Kier molecular flexibility index (Phi) is 8.04. The molecule has 1 aliphatic heterocycles. The summed E-state index contributed by atoms with van der Waals surface area (Å²) in [6.45, 7) is 5.67. The third-order valence-electron chi connectivity index (χ3n) is 7.91. The van der Waals surface area contributed by atoms with Crippen molar-refractivity contribution in [2.45, 2.75) is 76.3 Å². The lowest BCUT2D eigenvalue weighted by molar-refractivity contribution is -0.137. The zero-order chi connectivity index (χ0) is 26.0. The number of likely N-dealkylation sites (tertiary alicyclic amines) is 1. The maximum Gasteiger partial charge on any atom is 0.416 e. The number of carbonyl (C=O) groups excluding carboxylic acids is 1. The Balaban J connectivity index is 1.51. The lowest BCUT2D eigenvalue weighted by atomic mass is 9.78. The molecule has 36 heavy (non-hydrogen) atoms. The molecule has 1 aliphatic carbocycles. The maximum atomic E-state index is 13.5. The molecule has 0 spiro atoms. The average molecular weight is 508 g/mol. The quantitative estimate of drug-likeness (QED) is 0.564. The van der Waals surface area contributed by atoms with Gasteiger partial charge in [-0.3, -0.25) is 4.79 Å². The fourth-order valence-electron chi connectivity index (χ4n) is 5.68. The summed E-state index contributed by atoms with van der Waals surface area (Å²) in [5.74, 6) is 0.572. The molecule has 4 atom stereocenters. The Morgan fingerprint density at radius 1 is 1.22 bits per heavy atom. The van der Waals surface area contributed by atoms with Gasteiger partial charge in [0.05, 0.1) is 11.1 Å². The highest BCUT2D eigenvalue weighted by atomic mass is 19.4. The smallest absolute Gasteiger partial charge is 0.385 e. The average Bonchev–Trinajstić information content (AvgIpc) is 3.21. The van der Waals surface area contributed by atoms with Crippen LogP contribution in [0.1, 0.15) is 51.5 Å². The van der Waals surface area contributed by atoms with E-state index in [0.717, 1.165) is 37.8 Å². The minimum absolute atomic E-state index is 0.0168. The van der Waals surface area contributed by atoms with E-state index in [1.54, 1.807) is 7.11 Å². The van der Waals surface area contributed by atoms with Gasteiger partial charge in [-0.1, -0.05) is 0 Å². The Labute approximate surface area is 210 Å². The number of benzene rings is 1. The number of hydrogen-bond donors (Lipinski definition) is 1. The standard InChI is InChI=1S/C26H36F3N5O2/c1-16(2)33(3)19-6-8-23(17(13-19)10-12-36-4)34-11-9-22(25(34)35)32-24-20-14-18(26(27,28)29)5-7-21(20)30-15-31-24/h5,7,14-17,19,22-23H,6,8-13H2,1-4H3,(H,30,31,32)/t17-,19-,22?,23+/m1/s1. The first-order chi connectivity index (χ1) is 17.1. The van der Waals surface area contributed by atoms with Gasteiger partial charge in [-0.05, 0) is 77.1 Å². The van der Waals surface area contributed by atoms with E-state index in [0.29, 0.717) is 43.1 Å². The Hall–Kier alpha value is -2.46. The van der Waals surface area contributed by atoms with Crippen LogP contribution in [0.4, 0.5) is 19.0 Å². The van der Waals surface area contributed by atoms with Crippen molar-refractivity contribution < 1.29 is 22.7 Å². The fraction of sp³-hybridized carbons (Fsp3) is 0.654. The Morgan fingerprint density at radius 3 is 2.69 bits per heavy atom. The largest absolute Gasteiger partial charge is 0.416 e. The van der Waals surface area contributed by atoms with Crippen molar-refractivity contribution >= 4 is 22.6 Å². The van der Waals surface area contributed by atoms with Crippen LogP contribution in [-0.4, -0.2) is 77.2 Å². The van der Waals surface area contributed by atoms with E-state index in [1.807, 2.05) is 4.90 Å². The molecule has 1 saturated heterocycles. The molecule has 1 saturated carbocycles. The van der Waals surface area contributed by atoms with Crippen molar-refractivity contribution in [2.75, 3.05) is 32.6 Å². The predicted molar refractivity (Wildman–Crippen MR) is 133 cm³/mol. The number of ether oxygens (including phenoxy) is 1. The van der Waals surface area contributed by atoms with Crippen molar-refractivity contribution in [2.24, 2.45) is 5.92 Å². The SMILES string of the molecule is COCC[C@@H]1C[C@H](N(C)C(C)C)CC[C@@H]1N1CCC(Nc2ncnc3ccc(C(F)(F)F)cc23)C1=O. The molecule has 1 aromatic heterocycles. The summed E-state index contributed by atoms with van der Waals surface area (Å²) in [6.07, 6.45) is 1.28. The van der Waals surface area contributed by atoms with Crippen molar-refractivity contribution in [1.29, 1.82) is 0 Å². The van der Waals surface area contributed by atoms with Crippen LogP contribution < -0.4 is 5.32 Å². The van der Waals surface area contributed by atoms with Crippen LogP contribution in [-0.2, 0) is 15.7 Å². The topological polar surface area (TPSA) is 70.6 Å². The molecular weight excluding hydrogens is 471 g/mol. The van der Waals surface area contributed by atoms with E-state index >= 15 is 0 Å². The lowest BCUT2D eigenvalue weighted by Crippen LogP contribution is -2.51. The van der Waals surface area contributed by atoms with Gasteiger partial charge < -0.3 is 19.9 Å². The number of carbonyl (C=O) groups is 1. The van der Waals surface area contributed by atoms with Crippen LogP contribution in [0.3, 0.4) is 0 Å². The monoisotopic (exact) mass is 507 g/mol. The summed E-state index contributed by atoms with van der Waals surface area (Å²) >= 11 is 0. The number of methoxy groups -OCH3 is 1. The van der Waals surface area contributed by atoms with Crippen LogP contribution in [0.2, 0.25) is 0 Å². The Morgan fingerprint density at radius 2 is 2.00 bits per heavy atom. The number of alkyl halides is 3. The van der Waals surface area contributed by atoms with E-state index in [9.17, 15) is 18.0 Å². The molecule has 1 N–H and O–H groups in total. The number of aromatic nitrogens is 2. The van der Waals surface area contributed by atoms with E-state index in [1.165, 1.54) is 12.4 Å². The van der Waals surface area contributed by atoms with Gasteiger partial charge in [0, 0.05) is 43.8 Å². The second-order valence-corrected chi connectivity index (χ2v) is 10.3. The summed E-state index contributed by atoms with van der Waals surface area (Å²) in [4.78, 5) is 26.2. The van der Waals surface area contributed by atoms with Crippen molar-refractivity contribution in [3.8, 4) is 0 Å².